The third kappa shape index (κ3) is 1.84. The Kier molecular flexibility index (Phi) is 3.02. The summed E-state index contributed by atoms with van der Waals surface area (Å²) >= 11 is 0. The number of nitrogen functional groups attached to an aromatic ring is 1. The number of hydrogen-bond donors (Lipinski definition) is 5. The molecule has 0 aromatic carbocycles. The number of hydrogen-bond acceptors (Lipinski definition) is 10. The van der Waals surface area contributed by atoms with Gasteiger partial charge in [0.05, 0.1) is 6.61 Å². The van der Waals surface area contributed by atoms with Crippen molar-refractivity contribution in [2.45, 2.75) is 24.5 Å². The average Bonchev–Trinajstić information content (AvgIpc) is 2.90. The minimum Gasteiger partial charge on any atom is -0.411 e. The molecule has 1 aliphatic rings. The van der Waals surface area contributed by atoms with E-state index < -0.39 is 36.7 Å². The van der Waals surface area contributed by atoms with Crippen molar-refractivity contribution in [3.63, 3.8) is 0 Å². The minimum atomic E-state index is -1.50. The molecule has 0 amide bonds. The molecular weight excluding hydrogens is 288 g/mol. The first kappa shape index (κ1) is 13.7. The molecular formula is C9H12N6O6. The average molecular weight is 300 g/mol. The molecule has 3 heterocycles. The molecule has 0 saturated carbocycles. The molecule has 1 fully saturated rings. The molecule has 21 heavy (non-hydrogen) atoms. The van der Waals surface area contributed by atoms with E-state index in [0.29, 0.717) is 4.68 Å². The van der Waals surface area contributed by atoms with Crippen molar-refractivity contribution < 1.29 is 25.3 Å². The van der Waals surface area contributed by atoms with Crippen LogP contribution < -0.4 is 11.3 Å². The standard InChI is InChI=1S/C9H12N6O6/c10-7-3-4(15(20)12-7)8(19)14(13-11-3)9-6(18)5(17)2(1-16)21-9/h2,5-6,9,16-18,20H,1H2,(H2,10,12). The van der Waals surface area contributed by atoms with E-state index in [9.17, 15) is 20.2 Å². The summed E-state index contributed by atoms with van der Waals surface area (Å²) in [5.74, 6) is -0.189. The highest BCUT2D eigenvalue weighted by Crippen LogP contribution is 2.27. The number of aliphatic hydroxyl groups excluding tert-OH is 3. The molecule has 3 rings (SSSR count). The van der Waals surface area contributed by atoms with Crippen LogP contribution in [-0.2, 0) is 4.74 Å². The van der Waals surface area contributed by atoms with Crippen molar-refractivity contribution >= 4 is 16.9 Å². The van der Waals surface area contributed by atoms with E-state index in [2.05, 4.69) is 15.4 Å². The zero-order chi connectivity index (χ0) is 15.3. The fourth-order valence-electron chi connectivity index (χ4n) is 2.19. The van der Waals surface area contributed by atoms with Crippen molar-refractivity contribution in [1.29, 1.82) is 0 Å². The SMILES string of the molecule is Nc1nn(O)c2c(=O)n(C3OC(CO)C(O)C3O)nnc12. The van der Waals surface area contributed by atoms with E-state index >= 15 is 0 Å². The summed E-state index contributed by atoms with van der Waals surface area (Å²) in [4.78, 5) is 12.5. The lowest BCUT2D eigenvalue weighted by Crippen LogP contribution is -2.37. The molecule has 4 unspecified atom stereocenters. The molecule has 2 aromatic heterocycles. The largest absolute Gasteiger partial charge is 0.411 e. The normalized spacial score (nSPS) is 29.3. The van der Waals surface area contributed by atoms with E-state index in [1.807, 2.05) is 0 Å². The van der Waals surface area contributed by atoms with Gasteiger partial charge in [0.15, 0.2) is 23.1 Å². The van der Waals surface area contributed by atoms with Crippen molar-refractivity contribution in [2.24, 2.45) is 0 Å². The number of aliphatic hydroxyl groups is 3. The third-order valence-corrected chi connectivity index (χ3v) is 3.28. The molecule has 0 aliphatic carbocycles. The van der Waals surface area contributed by atoms with E-state index in [1.54, 1.807) is 0 Å². The Hall–Kier alpha value is -2.28. The van der Waals surface area contributed by atoms with Crippen LogP contribution in [0.5, 0.6) is 0 Å². The highest BCUT2D eigenvalue weighted by molar-refractivity contribution is 5.83. The number of ether oxygens (including phenoxy) is 1. The molecule has 6 N–H and O–H groups in total. The zero-order valence-electron chi connectivity index (χ0n) is 10.4. The van der Waals surface area contributed by atoms with Crippen LogP contribution in [0, 0.1) is 0 Å². The summed E-state index contributed by atoms with van der Waals surface area (Å²) < 4.78 is 5.80. The molecule has 114 valence electrons. The second-order valence-electron chi connectivity index (χ2n) is 4.54. The second-order valence-corrected chi connectivity index (χ2v) is 4.54. The highest BCUT2D eigenvalue weighted by atomic mass is 16.6. The van der Waals surface area contributed by atoms with Gasteiger partial charge in [-0.2, -0.15) is 4.68 Å². The molecule has 1 aliphatic heterocycles. The number of anilines is 1. The van der Waals surface area contributed by atoms with Crippen molar-refractivity contribution in [3.8, 4) is 0 Å². The van der Waals surface area contributed by atoms with Gasteiger partial charge in [0.2, 0.25) is 0 Å². The van der Waals surface area contributed by atoms with Gasteiger partial charge < -0.3 is 31.0 Å². The Morgan fingerprint density at radius 1 is 1.33 bits per heavy atom. The molecule has 0 spiro atoms. The van der Waals surface area contributed by atoms with Gasteiger partial charge in [0, 0.05) is 0 Å². The van der Waals surface area contributed by atoms with Crippen LogP contribution >= 0.6 is 0 Å². The lowest BCUT2D eigenvalue weighted by Gasteiger charge is -2.15. The van der Waals surface area contributed by atoms with E-state index in [1.165, 1.54) is 0 Å². The topological polar surface area (TPSA) is 182 Å². The molecule has 12 nitrogen and oxygen atoms in total. The Balaban J connectivity index is 2.12. The van der Waals surface area contributed by atoms with Gasteiger partial charge in [-0.05, 0) is 0 Å². The van der Waals surface area contributed by atoms with Gasteiger partial charge in [-0.1, -0.05) is 10.1 Å². The Bertz CT molecular complexity index is 742. The van der Waals surface area contributed by atoms with E-state index in [0.717, 1.165) is 0 Å². The Morgan fingerprint density at radius 2 is 2.05 bits per heavy atom. The monoisotopic (exact) mass is 300 g/mol. The van der Waals surface area contributed by atoms with Crippen LogP contribution in [0.3, 0.4) is 0 Å². The number of aromatic nitrogens is 5. The quantitative estimate of drug-likeness (QED) is 0.348. The summed E-state index contributed by atoms with van der Waals surface area (Å²) in [6, 6.07) is 0. The summed E-state index contributed by atoms with van der Waals surface area (Å²) in [5.41, 5.74) is 4.12. The zero-order valence-corrected chi connectivity index (χ0v) is 10.4. The number of fused-ring (bicyclic) bond motifs is 1. The first-order valence-electron chi connectivity index (χ1n) is 5.91. The molecule has 12 heteroatoms. The predicted octanol–water partition coefficient (Wildman–Crippen LogP) is -3.58. The smallest absolute Gasteiger partial charge is 0.302 e. The van der Waals surface area contributed by atoms with Crippen molar-refractivity contribution in [1.82, 2.24) is 24.9 Å². The van der Waals surface area contributed by atoms with Crippen LogP contribution in [0.1, 0.15) is 6.23 Å². The first-order valence-corrected chi connectivity index (χ1v) is 5.91. The van der Waals surface area contributed by atoms with Gasteiger partial charge in [0.25, 0.3) is 0 Å². The van der Waals surface area contributed by atoms with Crippen molar-refractivity contribution in [3.05, 3.63) is 10.4 Å². The predicted molar refractivity (Wildman–Crippen MR) is 64.2 cm³/mol. The lowest BCUT2D eigenvalue weighted by atomic mass is 10.1. The summed E-state index contributed by atoms with van der Waals surface area (Å²) in [7, 11) is 0. The molecule has 1 saturated heterocycles. The first-order chi connectivity index (χ1) is 9.95. The molecule has 0 bridgehead atoms. The van der Waals surface area contributed by atoms with Crippen LogP contribution in [0.15, 0.2) is 4.79 Å². The van der Waals surface area contributed by atoms with Crippen molar-refractivity contribution in [2.75, 3.05) is 12.3 Å². The van der Waals surface area contributed by atoms with Gasteiger partial charge in [-0.15, -0.1) is 10.2 Å². The summed E-state index contributed by atoms with van der Waals surface area (Å²) in [5, 5.41) is 48.7. The summed E-state index contributed by atoms with van der Waals surface area (Å²) in [6.07, 6.45) is -5.33. The maximum atomic E-state index is 12.2. The molecule has 4 atom stereocenters. The fraction of sp³-hybridized carbons (Fsp3) is 0.556. The number of nitrogens with zero attached hydrogens (tertiary/aromatic N) is 5. The van der Waals surface area contributed by atoms with E-state index in [-0.39, 0.29) is 21.7 Å². The summed E-state index contributed by atoms with van der Waals surface area (Å²) in [6.45, 7) is -0.552. The second kappa shape index (κ2) is 4.63. The number of rotatable bonds is 2. The highest BCUT2D eigenvalue weighted by Gasteiger charge is 2.44. The lowest BCUT2D eigenvalue weighted by molar-refractivity contribution is -0.0620. The van der Waals surface area contributed by atoms with Crippen LogP contribution in [0.2, 0.25) is 0 Å². The van der Waals surface area contributed by atoms with Gasteiger partial charge in [0.1, 0.15) is 18.3 Å². The third-order valence-electron chi connectivity index (χ3n) is 3.28. The fourth-order valence-corrected chi connectivity index (χ4v) is 2.19. The van der Waals surface area contributed by atoms with Gasteiger partial charge >= 0.3 is 5.56 Å². The van der Waals surface area contributed by atoms with Crippen LogP contribution in [0.25, 0.3) is 11.0 Å². The maximum Gasteiger partial charge on any atom is 0.302 e. The maximum absolute atomic E-state index is 12.2. The van der Waals surface area contributed by atoms with Gasteiger partial charge in [-0.3, -0.25) is 4.79 Å². The van der Waals surface area contributed by atoms with Gasteiger partial charge in [-0.25, -0.2) is 0 Å². The molecule has 0 radical (unpaired) electrons. The Morgan fingerprint density at radius 3 is 2.67 bits per heavy atom. The van der Waals surface area contributed by atoms with Crippen LogP contribution in [0.4, 0.5) is 5.82 Å². The Labute approximate surface area is 115 Å². The van der Waals surface area contributed by atoms with E-state index in [4.69, 9.17) is 15.6 Å². The van der Waals surface area contributed by atoms with Crippen LogP contribution in [-0.4, -0.2) is 70.4 Å². The number of nitrogens with two attached hydrogens (primary N) is 1. The molecule has 2 aromatic rings. The minimum absolute atomic E-state index is 0.106.